The number of halogens is 3. The molecule has 0 bridgehead atoms. The van der Waals surface area contributed by atoms with Gasteiger partial charge in [0, 0.05) is 75.5 Å². The second-order valence-electron chi connectivity index (χ2n) is 12.0. The number of fused-ring (bicyclic) bond motifs is 1. The molecule has 2 saturated heterocycles. The van der Waals surface area contributed by atoms with Gasteiger partial charge in [-0.2, -0.15) is 13.2 Å². The first-order chi connectivity index (χ1) is 24.9. The fraction of sp³-hybridized carbons (Fsp3) is 0.353. The minimum Gasteiger partial charge on any atom is -0.497 e. The summed E-state index contributed by atoms with van der Waals surface area (Å²) >= 11 is 0. The van der Waals surface area contributed by atoms with Crippen LogP contribution in [-0.4, -0.2) is 114 Å². The average Bonchev–Trinajstić information content (AvgIpc) is 3.56. The molecule has 0 unspecified atom stereocenters. The highest BCUT2D eigenvalue weighted by Gasteiger charge is 2.36. The quantitative estimate of drug-likeness (QED) is 0.242. The van der Waals surface area contributed by atoms with Crippen LogP contribution < -0.4 is 20.3 Å². The molecule has 15 nitrogen and oxygen atoms in total. The second-order valence-corrected chi connectivity index (χ2v) is 12.0. The van der Waals surface area contributed by atoms with Crippen LogP contribution in [0.15, 0.2) is 55.4 Å². The van der Waals surface area contributed by atoms with Gasteiger partial charge in [-0.1, -0.05) is 6.58 Å². The maximum absolute atomic E-state index is 14.3. The van der Waals surface area contributed by atoms with Crippen LogP contribution in [0.2, 0.25) is 0 Å². The first-order valence-electron chi connectivity index (χ1n) is 16.2. The Morgan fingerprint density at radius 1 is 1.00 bits per heavy atom. The van der Waals surface area contributed by atoms with Crippen molar-refractivity contribution < 1.29 is 41.8 Å². The summed E-state index contributed by atoms with van der Waals surface area (Å²) in [5, 5.41) is 9.31. The van der Waals surface area contributed by atoms with E-state index in [-0.39, 0.29) is 23.1 Å². The Balaban J connectivity index is 1.24. The molecule has 274 valence electrons. The largest absolute Gasteiger partial charge is 0.497 e. The van der Waals surface area contributed by atoms with Gasteiger partial charge >= 0.3 is 12.3 Å². The third kappa shape index (κ3) is 8.07. The molecule has 0 atom stereocenters. The topological polar surface area (TPSA) is 156 Å². The molecule has 3 aromatic heterocycles. The van der Waals surface area contributed by atoms with Crippen molar-refractivity contribution in [1.29, 1.82) is 0 Å². The van der Waals surface area contributed by atoms with Gasteiger partial charge in [0.25, 0.3) is 5.91 Å². The highest BCUT2D eigenvalue weighted by atomic mass is 19.4. The monoisotopic (exact) mass is 723 g/mol. The molecule has 5 heterocycles. The second kappa shape index (κ2) is 15.2. The number of benzene rings is 1. The lowest BCUT2D eigenvalue weighted by Crippen LogP contribution is -2.48. The van der Waals surface area contributed by atoms with E-state index in [0.717, 1.165) is 24.9 Å². The van der Waals surface area contributed by atoms with Gasteiger partial charge in [0.1, 0.15) is 17.1 Å². The summed E-state index contributed by atoms with van der Waals surface area (Å²) in [4.78, 5) is 51.4. The van der Waals surface area contributed by atoms with E-state index in [1.807, 2.05) is 11.0 Å². The molecule has 2 fully saturated rings. The van der Waals surface area contributed by atoms with Gasteiger partial charge in [-0.15, -0.1) is 5.10 Å². The fourth-order valence-corrected chi connectivity index (χ4v) is 5.99. The predicted molar refractivity (Wildman–Crippen MR) is 183 cm³/mol. The molecule has 6 rings (SSSR count). The number of morpholine rings is 1. The van der Waals surface area contributed by atoms with Gasteiger partial charge in [-0.25, -0.2) is 19.3 Å². The molecule has 0 radical (unpaired) electrons. The molecule has 0 saturated carbocycles. The zero-order valence-corrected chi connectivity index (χ0v) is 28.4. The Bertz CT molecular complexity index is 1990. The summed E-state index contributed by atoms with van der Waals surface area (Å²) in [6.45, 7) is 7.73. The lowest BCUT2D eigenvalue weighted by molar-refractivity contribution is -0.137. The van der Waals surface area contributed by atoms with Crippen LogP contribution in [-0.2, 0) is 27.0 Å². The van der Waals surface area contributed by atoms with Crippen molar-refractivity contribution >= 4 is 40.7 Å². The zero-order valence-electron chi connectivity index (χ0n) is 28.4. The van der Waals surface area contributed by atoms with Crippen molar-refractivity contribution in [2.75, 3.05) is 82.2 Å². The molecule has 2 aliphatic rings. The number of aromatic nitrogens is 4. The van der Waals surface area contributed by atoms with Gasteiger partial charge in [-0.05, 0) is 35.9 Å². The Hall–Kier alpha value is -5.75. The van der Waals surface area contributed by atoms with Crippen LogP contribution in [0, 0.1) is 0 Å². The maximum Gasteiger partial charge on any atom is 0.417 e. The average molecular weight is 724 g/mol. The first kappa shape index (κ1) is 36.1. The zero-order chi connectivity index (χ0) is 37.0. The van der Waals surface area contributed by atoms with Gasteiger partial charge in [0.05, 0.1) is 38.6 Å². The van der Waals surface area contributed by atoms with Crippen LogP contribution >= 0.6 is 0 Å². The van der Waals surface area contributed by atoms with E-state index in [0.29, 0.717) is 93.4 Å². The van der Waals surface area contributed by atoms with E-state index in [1.165, 1.54) is 11.6 Å². The van der Waals surface area contributed by atoms with Crippen LogP contribution in [0.5, 0.6) is 5.75 Å². The van der Waals surface area contributed by atoms with E-state index in [2.05, 4.69) is 41.9 Å². The van der Waals surface area contributed by atoms with E-state index in [9.17, 15) is 27.6 Å². The van der Waals surface area contributed by atoms with Crippen molar-refractivity contribution in [2.45, 2.75) is 12.7 Å². The predicted octanol–water partition coefficient (Wildman–Crippen LogP) is 3.92. The SMILES string of the molecule is C=CC(=O)Nc1cc(OC)cc(C(=O)N2CCN(Cc3cc4c(N5CCOCC5)nc(-c5cnc(NC(=O)OC)cc5C(F)(F)F)nn4c3)CC2)c1. The number of alkyl halides is 3. The number of methoxy groups -OCH3 is 2. The third-order valence-electron chi connectivity index (χ3n) is 8.58. The minimum absolute atomic E-state index is 0.197. The number of piperazine rings is 1. The number of hydrogen-bond donors (Lipinski definition) is 2. The summed E-state index contributed by atoms with van der Waals surface area (Å²) in [7, 11) is 2.56. The highest BCUT2D eigenvalue weighted by Crippen LogP contribution is 2.38. The molecular formula is C34H36F3N9O6. The molecule has 0 spiro atoms. The molecule has 52 heavy (non-hydrogen) atoms. The number of nitrogens with one attached hydrogen (secondary N) is 2. The summed E-state index contributed by atoms with van der Waals surface area (Å²) in [6.07, 6.45) is -1.91. The summed E-state index contributed by atoms with van der Waals surface area (Å²) < 4.78 is 59.9. The Kier molecular flexibility index (Phi) is 10.6. The molecule has 1 aromatic carbocycles. The molecule has 3 amide bonds. The van der Waals surface area contributed by atoms with Crippen LogP contribution in [0.25, 0.3) is 16.9 Å². The Morgan fingerprint density at radius 2 is 1.75 bits per heavy atom. The number of anilines is 3. The van der Waals surface area contributed by atoms with E-state index in [1.54, 1.807) is 29.3 Å². The molecular weight excluding hydrogens is 687 g/mol. The lowest BCUT2D eigenvalue weighted by Gasteiger charge is -2.34. The Labute approximate surface area is 295 Å². The van der Waals surface area contributed by atoms with E-state index >= 15 is 0 Å². The van der Waals surface area contributed by atoms with Crippen molar-refractivity contribution in [1.82, 2.24) is 29.4 Å². The number of carbonyl (C=O) groups is 3. The number of carbonyl (C=O) groups excluding carboxylic acids is 3. The Morgan fingerprint density at radius 3 is 2.42 bits per heavy atom. The van der Waals surface area contributed by atoms with E-state index in [4.69, 9.17) is 9.47 Å². The van der Waals surface area contributed by atoms with Crippen LogP contribution in [0.1, 0.15) is 21.5 Å². The smallest absolute Gasteiger partial charge is 0.417 e. The highest BCUT2D eigenvalue weighted by molar-refractivity contribution is 6.01. The molecule has 2 aliphatic heterocycles. The van der Waals surface area contributed by atoms with Crippen molar-refractivity contribution in [3.05, 3.63) is 72.1 Å². The maximum atomic E-state index is 14.3. The van der Waals surface area contributed by atoms with Crippen LogP contribution in [0.3, 0.4) is 0 Å². The van der Waals surface area contributed by atoms with Gasteiger partial charge < -0.3 is 29.3 Å². The molecule has 4 aromatic rings. The minimum atomic E-state index is -4.82. The normalized spacial score (nSPS) is 15.3. The molecule has 2 N–H and O–H groups in total. The van der Waals surface area contributed by atoms with E-state index < -0.39 is 23.7 Å². The summed E-state index contributed by atoms with van der Waals surface area (Å²) in [5.74, 6) is -0.288. The van der Waals surface area contributed by atoms with Gasteiger partial charge in [0.2, 0.25) is 5.91 Å². The number of amides is 3. The number of pyridine rings is 1. The van der Waals surface area contributed by atoms with Crippen molar-refractivity contribution in [3.63, 3.8) is 0 Å². The number of hydrogen-bond acceptors (Lipinski definition) is 11. The van der Waals surface area contributed by atoms with Crippen LogP contribution in [0.4, 0.5) is 35.3 Å². The number of ether oxygens (including phenoxy) is 3. The lowest BCUT2D eigenvalue weighted by atomic mass is 10.1. The number of nitrogens with zero attached hydrogens (tertiary/aromatic N) is 7. The van der Waals surface area contributed by atoms with Crippen molar-refractivity contribution in [3.8, 4) is 17.1 Å². The fourth-order valence-electron chi connectivity index (χ4n) is 5.99. The third-order valence-corrected chi connectivity index (χ3v) is 8.58. The summed E-state index contributed by atoms with van der Waals surface area (Å²) in [5.41, 5.74) is 0.803. The standard InChI is InChI=1S/C34H36F3N9O6/c1-4-29(47)39-23-14-22(15-24(16-23)50-2)32(48)45-7-5-43(6-8-45)19-21-13-27-31(44-9-11-52-12-10-44)41-30(42-46(27)20-21)25-18-38-28(40-33(49)51-3)17-26(25)34(35,36)37/h4,13-18,20H,1,5-12,19H2,2-3H3,(H,39,47)(H,38,40,49). The number of rotatable bonds is 9. The molecule has 0 aliphatic carbocycles. The van der Waals surface area contributed by atoms with Gasteiger partial charge in [0.15, 0.2) is 11.6 Å². The molecule has 18 heteroatoms. The summed E-state index contributed by atoms with van der Waals surface area (Å²) in [6, 6.07) is 7.45. The first-order valence-corrected chi connectivity index (χ1v) is 16.2. The van der Waals surface area contributed by atoms with Gasteiger partial charge in [-0.3, -0.25) is 19.8 Å². The van der Waals surface area contributed by atoms with Crippen molar-refractivity contribution in [2.24, 2.45) is 0 Å².